The summed E-state index contributed by atoms with van der Waals surface area (Å²) in [4.78, 5) is 15.2. The van der Waals surface area contributed by atoms with Crippen LogP contribution in [0.15, 0.2) is 48.6 Å². The molecule has 0 bridgehead atoms. The number of halogens is 2. The summed E-state index contributed by atoms with van der Waals surface area (Å²) < 4.78 is 0. The fourth-order valence-electron chi connectivity index (χ4n) is 5.25. The number of amides is 1. The molecule has 3 nitrogen and oxygen atoms in total. The number of hydrogen-bond donors (Lipinski definition) is 1. The molecule has 0 spiro atoms. The molecular formula is C25H26Cl2N2O. The average molecular weight is 441 g/mol. The fraction of sp³-hybridized carbons (Fsp3) is 0.400. The van der Waals surface area contributed by atoms with E-state index in [-0.39, 0.29) is 17.9 Å². The number of hydrogen-bond acceptors (Lipinski definition) is 2. The van der Waals surface area contributed by atoms with Crippen LogP contribution in [0.2, 0.25) is 10.0 Å². The number of rotatable bonds is 2. The number of carbonyl (C=O) groups is 1. The zero-order valence-electron chi connectivity index (χ0n) is 16.9. The number of likely N-dealkylation sites (tertiary alicyclic amines) is 1. The minimum atomic E-state index is 0.120. The van der Waals surface area contributed by atoms with Crippen LogP contribution >= 0.6 is 23.2 Å². The van der Waals surface area contributed by atoms with Gasteiger partial charge in [0.05, 0.1) is 6.04 Å². The van der Waals surface area contributed by atoms with Crippen molar-refractivity contribution in [1.82, 2.24) is 4.90 Å². The second kappa shape index (κ2) is 8.28. The molecule has 2 aliphatic heterocycles. The van der Waals surface area contributed by atoms with E-state index in [2.05, 4.69) is 29.6 Å². The molecule has 5 heteroatoms. The van der Waals surface area contributed by atoms with Gasteiger partial charge in [0.15, 0.2) is 0 Å². The molecule has 1 N–H and O–H groups in total. The van der Waals surface area contributed by atoms with Crippen LogP contribution in [0.4, 0.5) is 5.69 Å². The molecule has 0 saturated carbocycles. The summed E-state index contributed by atoms with van der Waals surface area (Å²) in [5.74, 6) is 0.829. The van der Waals surface area contributed by atoms with E-state index in [1.807, 2.05) is 29.2 Å². The lowest BCUT2D eigenvalue weighted by Crippen LogP contribution is -2.33. The maximum atomic E-state index is 13.2. The Kier molecular flexibility index (Phi) is 5.51. The Hall–Kier alpha value is -1.97. The van der Waals surface area contributed by atoms with Crippen molar-refractivity contribution in [3.63, 3.8) is 0 Å². The molecule has 1 saturated heterocycles. The molecule has 156 valence electrons. The van der Waals surface area contributed by atoms with E-state index >= 15 is 0 Å². The lowest BCUT2D eigenvalue weighted by molar-refractivity contribution is 0.0761. The maximum absolute atomic E-state index is 13.2. The molecular weight excluding hydrogens is 415 g/mol. The predicted molar refractivity (Wildman–Crippen MR) is 124 cm³/mol. The maximum Gasteiger partial charge on any atom is 0.253 e. The Morgan fingerprint density at radius 1 is 0.967 bits per heavy atom. The van der Waals surface area contributed by atoms with E-state index in [4.69, 9.17) is 23.2 Å². The van der Waals surface area contributed by atoms with E-state index < -0.39 is 0 Å². The minimum absolute atomic E-state index is 0.120. The lowest BCUT2D eigenvalue weighted by atomic mass is 9.76. The fourth-order valence-corrected chi connectivity index (χ4v) is 5.77. The molecule has 30 heavy (non-hydrogen) atoms. The third-order valence-corrected chi connectivity index (χ3v) is 7.36. The quantitative estimate of drug-likeness (QED) is 0.518. The topological polar surface area (TPSA) is 32.3 Å². The highest BCUT2D eigenvalue weighted by Crippen LogP contribution is 2.51. The van der Waals surface area contributed by atoms with Gasteiger partial charge < -0.3 is 10.2 Å². The molecule has 2 aromatic carbocycles. The van der Waals surface area contributed by atoms with Gasteiger partial charge in [0, 0.05) is 40.3 Å². The Morgan fingerprint density at radius 3 is 2.53 bits per heavy atom. The molecule has 3 atom stereocenters. The summed E-state index contributed by atoms with van der Waals surface area (Å²) >= 11 is 12.7. The lowest BCUT2D eigenvalue weighted by Gasteiger charge is -2.38. The second-order valence-electron chi connectivity index (χ2n) is 8.65. The number of allylic oxidation sites excluding steroid dienone is 2. The largest absolute Gasteiger partial charge is 0.378 e. The van der Waals surface area contributed by atoms with Gasteiger partial charge in [-0.3, -0.25) is 4.79 Å². The van der Waals surface area contributed by atoms with Crippen molar-refractivity contribution >= 4 is 34.8 Å². The average Bonchev–Trinajstić information content (AvgIpc) is 3.08. The summed E-state index contributed by atoms with van der Waals surface area (Å²) in [6.07, 6.45) is 10.2. The molecule has 5 rings (SSSR count). The molecule has 0 radical (unpaired) electrons. The van der Waals surface area contributed by atoms with Crippen molar-refractivity contribution < 1.29 is 4.79 Å². The monoisotopic (exact) mass is 440 g/mol. The van der Waals surface area contributed by atoms with E-state index in [0.717, 1.165) is 49.2 Å². The molecule has 2 heterocycles. The van der Waals surface area contributed by atoms with Crippen LogP contribution in [-0.2, 0) is 0 Å². The van der Waals surface area contributed by atoms with Crippen LogP contribution in [0.25, 0.3) is 0 Å². The zero-order valence-corrected chi connectivity index (χ0v) is 18.4. The van der Waals surface area contributed by atoms with Gasteiger partial charge in [0.2, 0.25) is 0 Å². The molecule has 2 aromatic rings. The van der Waals surface area contributed by atoms with Gasteiger partial charge >= 0.3 is 0 Å². The van der Waals surface area contributed by atoms with E-state index in [1.165, 1.54) is 18.4 Å². The van der Waals surface area contributed by atoms with Crippen LogP contribution in [0.1, 0.15) is 65.5 Å². The first-order valence-corrected chi connectivity index (χ1v) is 11.7. The van der Waals surface area contributed by atoms with Crippen molar-refractivity contribution in [2.45, 2.75) is 44.1 Å². The Morgan fingerprint density at radius 2 is 1.77 bits per heavy atom. The molecule has 0 aromatic heterocycles. The summed E-state index contributed by atoms with van der Waals surface area (Å²) in [6, 6.07) is 12.0. The second-order valence-corrected chi connectivity index (χ2v) is 9.49. The number of carbonyl (C=O) groups excluding carboxylic acids is 1. The Bertz CT molecular complexity index is 995. The standard InChI is InChI=1S/C25H26Cl2N2O/c26-17-9-10-20(22(27)15-17)24-19-7-5-6-18(19)21-14-16(8-11-23(21)28-24)25(30)29-12-3-1-2-4-13-29/h5-6,8-11,14-15,18-19,24,28H,1-4,7,12-13H2/t18-,19-,24-/m1/s1. The summed E-state index contributed by atoms with van der Waals surface area (Å²) in [6.45, 7) is 1.74. The molecule has 0 unspecified atom stereocenters. The van der Waals surface area contributed by atoms with Gasteiger partial charge in [-0.05, 0) is 66.6 Å². The first-order valence-electron chi connectivity index (χ1n) is 10.9. The van der Waals surface area contributed by atoms with E-state index in [0.29, 0.717) is 16.0 Å². The van der Waals surface area contributed by atoms with Crippen LogP contribution in [0, 0.1) is 5.92 Å². The van der Waals surface area contributed by atoms with Gasteiger partial charge in [-0.2, -0.15) is 0 Å². The summed E-state index contributed by atoms with van der Waals surface area (Å²) in [7, 11) is 0. The minimum Gasteiger partial charge on any atom is -0.378 e. The van der Waals surface area contributed by atoms with Gasteiger partial charge in [-0.1, -0.05) is 54.3 Å². The number of nitrogens with zero attached hydrogens (tertiary/aromatic N) is 1. The SMILES string of the molecule is O=C(c1ccc2c(c1)[C@@H]1C=CC[C@H]1[C@H](c1ccc(Cl)cc1Cl)N2)N1CCCCCC1. The third-order valence-electron chi connectivity index (χ3n) is 6.80. The smallest absolute Gasteiger partial charge is 0.253 e. The summed E-state index contributed by atoms with van der Waals surface area (Å²) in [5, 5.41) is 5.06. The van der Waals surface area contributed by atoms with Gasteiger partial charge in [0.25, 0.3) is 5.91 Å². The van der Waals surface area contributed by atoms with Crippen LogP contribution in [0.5, 0.6) is 0 Å². The van der Waals surface area contributed by atoms with E-state index in [1.54, 1.807) is 0 Å². The van der Waals surface area contributed by atoms with Crippen LogP contribution in [0.3, 0.4) is 0 Å². The number of anilines is 1. The van der Waals surface area contributed by atoms with Crippen molar-refractivity contribution in [2.75, 3.05) is 18.4 Å². The molecule has 1 aliphatic carbocycles. The predicted octanol–water partition coefficient (Wildman–Crippen LogP) is 6.84. The summed E-state index contributed by atoms with van der Waals surface area (Å²) in [5.41, 5.74) is 4.19. The highest BCUT2D eigenvalue weighted by molar-refractivity contribution is 6.35. The van der Waals surface area contributed by atoms with Gasteiger partial charge in [0.1, 0.15) is 0 Å². The van der Waals surface area contributed by atoms with E-state index in [9.17, 15) is 4.79 Å². The third kappa shape index (κ3) is 3.63. The van der Waals surface area contributed by atoms with Crippen LogP contribution < -0.4 is 5.32 Å². The Balaban J connectivity index is 1.47. The highest BCUT2D eigenvalue weighted by atomic mass is 35.5. The van der Waals surface area contributed by atoms with Crippen molar-refractivity contribution in [3.05, 3.63) is 75.3 Å². The highest BCUT2D eigenvalue weighted by Gasteiger charge is 2.39. The first-order chi connectivity index (χ1) is 14.6. The molecule has 1 fully saturated rings. The van der Waals surface area contributed by atoms with Crippen molar-refractivity contribution in [2.24, 2.45) is 5.92 Å². The van der Waals surface area contributed by atoms with Crippen LogP contribution in [-0.4, -0.2) is 23.9 Å². The van der Waals surface area contributed by atoms with Crippen molar-refractivity contribution in [1.29, 1.82) is 0 Å². The first kappa shape index (κ1) is 20.0. The normalized spacial score (nSPS) is 25.3. The van der Waals surface area contributed by atoms with Gasteiger partial charge in [-0.25, -0.2) is 0 Å². The molecule has 3 aliphatic rings. The Labute approximate surface area is 188 Å². The zero-order chi connectivity index (χ0) is 20.7. The molecule has 1 amide bonds. The number of fused-ring (bicyclic) bond motifs is 3. The number of benzene rings is 2. The van der Waals surface area contributed by atoms with Gasteiger partial charge in [-0.15, -0.1) is 0 Å². The van der Waals surface area contributed by atoms with Crippen molar-refractivity contribution in [3.8, 4) is 0 Å². The number of nitrogens with one attached hydrogen (secondary N) is 1.